The van der Waals surface area contributed by atoms with Gasteiger partial charge in [-0.25, -0.2) is 0 Å². The SMILES string of the molecule is C/C=C/C=C/C(C)(C)O[Si](C)(C)O[Si](O[Si](C)(C)C)(O[Si](C)(C)/C=C/CC)c1ccccc1. The maximum Gasteiger partial charge on any atom is 0.507 e. The number of hydrogen-bond acceptors (Lipinski definition) is 4. The molecule has 1 aromatic rings. The molecule has 0 saturated carbocycles. The minimum Gasteiger partial charge on any atom is -0.414 e. The quantitative estimate of drug-likeness (QED) is 0.205. The van der Waals surface area contributed by atoms with Gasteiger partial charge < -0.3 is 16.8 Å². The molecule has 0 amide bonds. The molecule has 0 aliphatic carbocycles. The van der Waals surface area contributed by atoms with E-state index >= 15 is 0 Å². The average molecular weight is 523 g/mol. The topological polar surface area (TPSA) is 36.9 Å². The molecule has 33 heavy (non-hydrogen) atoms. The lowest BCUT2D eigenvalue weighted by Crippen LogP contribution is -2.68. The normalized spacial score (nSPS) is 16.2. The molecular formula is C25H46O4Si4. The van der Waals surface area contributed by atoms with E-state index < -0.39 is 39.6 Å². The van der Waals surface area contributed by atoms with E-state index in [0.29, 0.717) is 0 Å². The summed E-state index contributed by atoms with van der Waals surface area (Å²) in [5, 5.41) is 1.00. The summed E-state index contributed by atoms with van der Waals surface area (Å²) in [5.74, 6) is 0. The van der Waals surface area contributed by atoms with E-state index in [2.05, 4.69) is 96.6 Å². The first-order valence-electron chi connectivity index (χ1n) is 11.9. The van der Waals surface area contributed by atoms with Gasteiger partial charge in [0.15, 0.2) is 8.32 Å². The van der Waals surface area contributed by atoms with E-state index in [9.17, 15) is 0 Å². The second kappa shape index (κ2) is 12.2. The minimum absolute atomic E-state index is 0.472. The van der Waals surface area contributed by atoms with Crippen LogP contribution in [0.2, 0.25) is 45.8 Å². The highest BCUT2D eigenvalue weighted by atomic mass is 28.5. The van der Waals surface area contributed by atoms with Crippen molar-refractivity contribution in [2.75, 3.05) is 0 Å². The van der Waals surface area contributed by atoms with E-state index in [1.165, 1.54) is 0 Å². The molecule has 1 rings (SSSR count). The summed E-state index contributed by atoms with van der Waals surface area (Å²) < 4.78 is 27.7. The first kappa shape index (κ1) is 30.2. The standard InChI is InChI=1S/C25H46O4Si4/c1-12-14-19-22-25(3,4)26-32(10,11)29-33(27-30(5,6)7,24-20-17-16-18-21-24)28-31(8,9)23-15-13-2/h12,14-23H,13H2,1-11H3/b14-12+,22-19+,23-15+. The minimum atomic E-state index is -3.29. The summed E-state index contributed by atoms with van der Waals surface area (Å²) in [7, 11) is -10.3. The van der Waals surface area contributed by atoms with Crippen molar-refractivity contribution < 1.29 is 16.8 Å². The van der Waals surface area contributed by atoms with E-state index in [-0.39, 0.29) is 0 Å². The van der Waals surface area contributed by atoms with Crippen LogP contribution in [0.5, 0.6) is 0 Å². The fraction of sp³-hybridized carbons (Fsp3) is 0.520. The van der Waals surface area contributed by atoms with Gasteiger partial charge in [-0.05, 0) is 73.0 Å². The predicted octanol–water partition coefficient (Wildman–Crippen LogP) is 7.06. The predicted molar refractivity (Wildman–Crippen MR) is 152 cm³/mol. The van der Waals surface area contributed by atoms with Crippen LogP contribution in [0.15, 0.2) is 66.4 Å². The third-order valence-corrected chi connectivity index (χ3v) is 17.3. The van der Waals surface area contributed by atoms with Crippen LogP contribution in [0.25, 0.3) is 0 Å². The van der Waals surface area contributed by atoms with Crippen molar-refractivity contribution in [3.05, 3.63) is 66.4 Å². The largest absolute Gasteiger partial charge is 0.507 e. The summed E-state index contributed by atoms with van der Waals surface area (Å²) in [6.45, 7) is 23.5. The number of rotatable bonds is 13. The molecule has 0 aliphatic heterocycles. The maximum atomic E-state index is 7.05. The lowest BCUT2D eigenvalue weighted by atomic mass is 10.1. The number of hydrogen-bond donors (Lipinski definition) is 0. The van der Waals surface area contributed by atoms with Gasteiger partial charge in [0.1, 0.15) is 0 Å². The van der Waals surface area contributed by atoms with Crippen LogP contribution in [-0.2, 0) is 16.8 Å². The molecule has 186 valence electrons. The molecule has 0 bridgehead atoms. The van der Waals surface area contributed by atoms with Crippen molar-refractivity contribution in [2.24, 2.45) is 0 Å². The second-order valence-electron chi connectivity index (χ2n) is 10.7. The van der Waals surface area contributed by atoms with Gasteiger partial charge in [0, 0.05) is 5.19 Å². The van der Waals surface area contributed by atoms with Crippen molar-refractivity contribution in [3.8, 4) is 0 Å². The van der Waals surface area contributed by atoms with Gasteiger partial charge in [-0.3, -0.25) is 0 Å². The molecule has 0 saturated heterocycles. The molecule has 1 unspecified atom stereocenters. The zero-order chi connectivity index (χ0) is 25.4. The van der Waals surface area contributed by atoms with E-state index in [0.717, 1.165) is 11.6 Å². The van der Waals surface area contributed by atoms with Gasteiger partial charge in [0.2, 0.25) is 8.32 Å². The highest BCUT2D eigenvalue weighted by Gasteiger charge is 2.54. The van der Waals surface area contributed by atoms with Crippen LogP contribution in [0.1, 0.15) is 34.1 Å². The number of allylic oxidation sites excluding steroid dienone is 4. The zero-order valence-electron chi connectivity index (χ0n) is 22.7. The van der Waals surface area contributed by atoms with E-state index in [1.807, 2.05) is 43.4 Å². The van der Waals surface area contributed by atoms with Gasteiger partial charge in [-0.1, -0.05) is 73.3 Å². The van der Waals surface area contributed by atoms with Gasteiger partial charge in [0.05, 0.1) is 5.60 Å². The van der Waals surface area contributed by atoms with Crippen molar-refractivity contribution in [3.63, 3.8) is 0 Å². The Morgan fingerprint density at radius 1 is 0.848 bits per heavy atom. The Morgan fingerprint density at radius 2 is 1.45 bits per heavy atom. The highest BCUT2D eigenvalue weighted by Crippen LogP contribution is 2.29. The van der Waals surface area contributed by atoms with Crippen LogP contribution < -0.4 is 5.19 Å². The molecule has 0 N–H and O–H groups in total. The number of benzene rings is 1. The highest BCUT2D eigenvalue weighted by molar-refractivity contribution is 6.96. The van der Waals surface area contributed by atoms with Crippen molar-refractivity contribution in [2.45, 2.75) is 85.5 Å². The summed E-state index contributed by atoms with van der Waals surface area (Å²) in [5.41, 5.74) is 1.77. The Balaban J connectivity index is 3.53. The van der Waals surface area contributed by atoms with Crippen molar-refractivity contribution in [1.82, 2.24) is 0 Å². The summed E-state index contributed by atoms with van der Waals surface area (Å²) in [6, 6.07) is 10.3. The molecule has 8 heteroatoms. The smallest absolute Gasteiger partial charge is 0.414 e. The summed E-state index contributed by atoms with van der Waals surface area (Å²) in [4.78, 5) is 0. The van der Waals surface area contributed by atoms with Gasteiger partial charge in [0.25, 0.3) is 0 Å². The molecule has 0 spiro atoms. The molecule has 0 fully saturated rings. The van der Waals surface area contributed by atoms with E-state index in [1.54, 1.807) is 0 Å². The van der Waals surface area contributed by atoms with Gasteiger partial charge in [-0.15, -0.1) is 0 Å². The molecular weight excluding hydrogens is 477 g/mol. The molecule has 0 aromatic heterocycles. The molecule has 0 heterocycles. The van der Waals surface area contributed by atoms with Crippen molar-refractivity contribution >= 4 is 39.2 Å². The Labute approximate surface area is 207 Å². The third kappa shape index (κ3) is 11.4. The van der Waals surface area contributed by atoms with Crippen LogP contribution in [0.4, 0.5) is 0 Å². The van der Waals surface area contributed by atoms with Crippen LogP contribution in [0, 0.1) is 0 Å². The average Bonchev–Trinajstić information content (AvgIpc) is 2.64. The maximum absolute atomic E-state index is 7.05. The fourth-order valence-corrected chi connectivity index (χ4v) is 18.3. The lowest BCUT2D eigenvalue weighted by Gasteiger charge is -2.44. The van der Waals surface area contributed by atoms with Crippen LogP contribution in [-0.4, -0.2) is 39.6 Å². The molecule has 0 radical (unpaired) electrons. The fourth-order valence-electron chi connectivity index (χ4n) is 3.48. The van der Waals surface area contributed by atoms with E-state index in [4.69, 9.17) is 16.8 Å². The van der Waals surface area contributed by atoms with Gasteiger partial charge >= 0.3 is 17.4 Å². The Bertz CT molecular complexity index is 811. The first-order chi connectivity index (χ1) is 15.1. The molecule has 4 nitrogen and oxygen atoms in total. The van der Waals surface area contributed by atoms with Crippen molar-refractivity contribution in [1.29, 1.82) is 0 Å². The first-order valence-corrected chi connectivity index (χ1v) is 22.8. The Hall–Kier alpha value is -0.852. The lowest BCUT2D eigenvalue weighted by molar-refractivity contribution is 0.106. The van der Waals surface area contributed by atoms with Crippen LogP contribution >= 0.6 is 0 Å². The Kier molecular flexibility index (Phi) is 11.2. The molecule has 0 aliphatic rings. The van der Waals surface area contributed by atoms with Gasteiger partial charge in [-0.2, -0.15) is 0 Å². The monoisotopic (exact) mass is 522 g/mol. The Morgan fingerprint density at radius 3 is 1.97 bits per heavy atom. The molecule has 1 aromatic carbocycles. The summed E-state index contributed by atoms with van der Waals surface area (Å²) >= 11 is 0. The zero-order valence-corrected chi connectivity index (χ0v) is 26.7. The summed E-state index contributed by atoms with van der Waals surface area (Å²) in [6.07, 6.45) is 11.3. The third-order valence-electron chi connectivity index (χ3n) is 4.41. The van der Waals surface area contributed by atoms with Crippen LogP contribution in [0.3, 0.4) is 0 Å². The molecule has 1 atom stereocenters. The second-order valence-corrected chi connectivity index (χ2v) is 25.7.